The van der Waals surface area contributed by atoms with Crippen LogP contribution in [0.25, 0.3) is 0 Å². The van der Waals surface area contributed by atoms with Crippen LogP contribution in [-0.4, -0.2) is 28.0 Å². The van der Waals surface area contributed by atoms with Crippen LogP contribution in [0.5, 0.6) is 5.75 Å². The highest BCUT2D eigenvalue weighted by Gasteiger charge is 2.31. The van der Waals surface area contributed by atoms with Crippen molar-refractivity contribution in [3.8, 4) is 5.75 Å². The number of benzene rings is 3. The molecule has 3 aromatic rings. The van der Waals surface area contributed by atoms with Crippen LogP contribution in [0.4, 0.5) is 5.69 Å². The van der Waals surface area contributed by atoms with Crippen LogP contribution in [0.2, 0.25) is 0 Å². The van der Waals surface area contributed by atoms with Gasteiger partial charge in [0.15, 0.2) is 0 Å². The molecule has 0 aromatic heterocycles. The van der Waals surface area contributed by atoms with Crippen molar-refractivity contribution in [1.29, 1.82) is 0 Å². The van der Waals surface area contributed by atoms with Gasteiger partial charge < -0.3 is 10.1 Å². The first-order valence-electron chi connectivity index (χ1n) is 11.0. The lowest BCUT2D eigenvalue weighted by molar-refractivity contribution is 0.0936. The van der Waals surface area contributed by atoms with E-state index in [0.717, 1.165) is 17.5 Å². The number of para-hydroxylation sites is 1. The third kappa shape index (κ3) is 4.46. The minimum Gasteiger partial charge on any atom is -0.496 e. The summed E-state index contributed by atoms with van der Waals surface area (Å²) in [6.07, 6.45) is 1.61. The Morgan fingerprint density at radius 1 is 1.09 bits per heavy atom. The number of hydrogen-bond acceptors (Lipinski definition) is 4. The van der Waals surface area contributed by atoms with Gasteiger partial charge in [0, 0.05) is 6.54 Å². The molecule has 1 unspecified atom stereocenters. The molecule has 0 bridgehead atoms. The largest absolute Gasteiger partial charge is 0.496 e. The fourth-order valence-electron chi connectivity index (χ4n) is 4.11. The molecular weight excluding hydrogens is 436 g/mol. The molecule has 4 rings (SSSR count). The Hall–Kier alpha value is -3.32. The van der Waals surface area contributed by atoms with E-state index in [1.807, 2.05) is 55.5 Å². The molecule has 1 N–H and O–H groups in total. The molecule has 0 fully saturated rings. The molecule has 3 aromatic carbocycles. The average molecular weight is 465 g/mol. The summed E-state index contributed by atoms with van der Waals surface area (Å²) in [5, 5.41) is 2.96. The van der Waals surface area contributed by atoms with Crippen molar-refractivity contribution >= 4 is 21.6 Å². The first-order valence-corrected chi connectivity index (χ1v) is 12.5. The number of rotatable bonds is 7. The highest BCUT2D eigenvalue weighted by atomic mass is 32.2. The van der Waals surface area contributed by atoms with Gasteiger partial charge in [0.1, 0.15) is 5.75 Å². The van der Waals surface area contributed by atoms with E-state index in [0.29, 0.717) is 24.4 Å². The second kappa shape index (κ2) is 9.27. The van der Waals surface area contributed by atoms with E-state index >= 15 is 0 Å². The molecule has 1 atom stereocenters. The summed E-state index contributed by atoms with van der Waals surface area (Å²) in [4.78, 5) is 13.2. The number of fused-ring (bicyclic) bond motifs is 1. The maximum Gasteiger partial charge on any atom is 0.264 e. The Morgan fingerprint density at radius 3 is 2.52 bits per heavy atom. The normalized spacial score (nSPS) is 14.0. The number of aryl methyl sites for hydroxylation is 1. The van der Waals surface area contributed by atoms with Crippen molar-refractivity contribution in [2.75, 3.05) is 18.0 Å². The molecule has 1 heterocycles. The number of hydrogen-bond donors (Lipinski definition) is 1. The number of anilines is 1. The maximum absolute atomic E-state index is 13.4. The number of amides is 1. The molecule has 0 radical (unpaired) electrons. The van der Waals surface area contributed by atoms with Crippen molar-refractivity contribution in [3.63, 3.8) is 0 Å². The van der Waals surface area contributed by atoms with E-state index in [1.165, 1.54) is 35.2 Å². The zero-order valence-electron chi connectivity index (χ0n) is 19.0. The van der Waals surface area contributed by atoms with E-state index in [9.17, 15) is 13.2 Å². The summed E-state index contributed by atoms with van der Waals surface area (Å²) in [6, 6.07) is 19.7. The number of ether oxygens (including phenoxy) is 1. The van der Waals surface area contributed by atoms with Gasteiger partial charge in [-0.2, -0.15) is 0 Å². The van der Waals surface area contributed by atoms with Gasteiger partial charge in [-0.05, 0) is 60.7 Å². The lowest BCUT2D eigenvalue weighted by Crippen LogP contribution is -2.30. The topological polar surface area (TPSA) is 75.7 Å². The molecule has 0 spiro atoms. The standard InChI is InChI=1S/C26H28N2O4S/c1-4-19-9-11-20(12-10-19)18(2)27-26(29)23-17-22(13-14-25(23)32-3)33(30,31)28-16-15-21-7-5-6-8-24(21)28/h5-14,17-18H,4,15-16H2,1-3H3,(H,27,29). The van der Waals surface area contributed by atoms with Gasteiger partial charge in [0.25, 0.3) is 15.9 Å². The second-order valence-corrected chi connectivity index (χ2v) is 9.97. The number of nitrogens with one attached hydrogen (secondary N) is 1. The van der Waals surface area contributed by atoms with Crippen molar-refractivity contribution in [1.82, 2.24) is 5.32 Å². The number of carbonyl (C=O) groups is 1. The van der Waals surface area contributed by atoms with Crippen molar-refractivity contribution in [2.24, 2.45) is 0 Å². The predicted molar refractivity (Wildman–Crippen MR) is 129 cm³/mol. The van der Waals surface area contributed by atoms with Crippen LogP contribution in [0.3, 0.4) is 0 Å². The van der Waals surface area contributed by atoms with Gasteiger partial charge in [0.2, 0.25) is 0 Å². The molecule has 1 aliphatic rings. The Bertz CT molecular complexity index is 1270. The molecule has 6 nitrogen and oxygen atoms in total. The Balaban J connectivity index is 1.62. The lowest BCUT2D eigenvalue weighted by atomic mass is 10.0. The Labute approximate surface area is 195 Å². The van der Waals surface area contributed by atoms with Gasteiger partial charge in [-0.3, -0.25) is 9.10 Å². The number of nitrogens with zero attached hydrogens (tertiary/aromatic N) is 1. The minimum atomic E-state index is -3.82. The minimum absolute atomic E-state index is 0.0603. The van der Waals surface area contributed by atoms with Crippen molar-refractivity contribution in [3.05, 3.63) is 89.0 Å². The monoisotopic (exact) mass is 464 g/mol. The first kappa shape index (κ1) is 22.9. The molecule has 1 amide bonds. The molecular formula is C26H28N2O4S. The van der Waals surface area contributed by atoms with Crippen LogP contribution in [-0.2, 0) is 22.9 Å². The maximum atomic E-state index is 13.4. The van der Waals surface area contributed by atoms with E-state index in [1.54, 1.807) is 0 Å². The van der Waals surface area contributed by atoms with E-state index in [2.05, 4.69) is 12.2 Å². The zero-order chi connectivity index (χ0) is 23.6. The summed E-state index contributed by atoms with van der Waals surface area (Å²) in [5.41, 5.74) is 4.05. The molecule has 0 saturated heterocycles. The van der Waals surface area contributed by atoms with Gasteiger partial charge >= 0.3 is 0 Å². The van der Waals surface area contributed by atoms with E-state index in [4.69, 9.17) is 4.74 Å². The fourth-order valence-corrected chi connectivity index (χ4v) is 5.64. The summed E-state index contributed by atoms with van der Waals surface area (Å²) in [6.45, 7) is 4.36. The van der Waals surface area contributed by atoms with Crippen LogP contribution in [0, 0.1) is 0 Å². The molecule has 33 heavy (non-hydrogen) atoms. The summed E-state index contributed by atoms with van der Waals surface area (Å²) in [7, 11) is -2.36. The summed E-state index contributed by atoms with van der Waals surface area (Å²) in [5.74, 6) is -0.0698. The Kier molecular flexibility index (Phi) is 6.42. The highest BCUT2D eigenvalue weighted by Crippen LogP contribution is 2.34. The average Bonchev–Trinajstić information content (AvgIpc) is 3.28. The van der Waals surface area contributed by atoms with Gasteiger partial charge in [0.05, 0.1) is 29.3 Å². The Morgan fingerprint density at radius 2 is 1.82 bits per heavy atom. The SMILES string of the molecule is CCc1ccc(C(C)NC(=O)c2cc(S(=O)(=O)N3CCc4ccccc43)ccc2OC)cc1. The fraction of sp³-hybridized carbons (Fsp3) is 0.269. The quantitative estimate of drug-likeness (QED) is 0.559. The third-order valence-electron chi connectivity index (χ3n) is 6.08. The molecule has 7 heteroatoms. The van der Waals surface area contributed by atoms with Gasteiger partial charge in [-0.25, -0.2) is 8.42 Å². The smallest absolute Gasteiger partial charge is 0.264 e. The van der Waals surface area contributed by atoms with E-state index in [-0.39, 0.29) is 16.5 Å². The predicted octanol–water partition coefficient (Wildman–Crippen LogP) is 4.50. The molecule has 0 aliphatic carbocycles. The van der Waals surface area contributed by atoms with Crippen LogP contribution < -0.4 is 14.4 Å². The van der Waals surface area contributed by atoms with Gasteiger partial charge in [-0.15, -0.1) is 0 Å². The molecule has 1 aliphatic heterocycles. The zero-order valence-corrected chi connectivity index (χ0v) is 19.9. The summed E-state index contributed by atoms with van der Waals surface area (Å²) < 4.78 is 33.6. The number of sulfonamides is 1. The molecule has 0 saturated carbocycles. The van der Waals surface area contributed by atoms with Crippen LogP contribution in [0.15, 0.2) is 71.6 Å². The summed E-state index contributed by atoms with van der Waals surface area (Å²) >= 11 is 0. The number of carbonyl (C=O) groups excluding carboxylic acids is 1. The third-order valence-corrected chi connectivity index (χ3v) is 7.89. The van der Waals surface area contributed by atoms with Gasteiger partial charge in [-0.1, -0.05) is 49.4 Å². The van der Waals surface area contributed by atoms with Crippen LogP contribution >= 0.6 is 0 Å². The molecule has 172 valence electrons. The lowest BCUT2D eigenvalue weighted by Gasteiger charge is -2.21. The van der Waals surface area contributed by atoms with Crippen molar-refractivity contribution in [2.45, 2.75) is 37.6 Å². The van der Waals surface area contributed by atoms with Crippen molar-refractivity contribution < 1.29 is 17.9 Å². The second-order valence-electron chi connectivity index (χ2n) is 8.11. The number of methoxy groups -OCH3 is 1. The highest BCUT2D eigenvalue weighted by molar-refractivity contribution is 7.92. The van der Waals surface area contributed by atoms with E-state index < -0.39 is 15.9 Å². The first-order chi connectivity index (χ1) is 15.8. The van der Waals surface area contributed by atoms with Crippen LogP contribution in [0.1, 0.15) is 46.9 Å².